The van der Waals surface area contributed by atoms with Crippen molar-refractivity contribution in [1.82, 2.24) is 0 Å². The molecule has 1 aliphatic rings. The van der Waals surface area contributed by atoms with Gasteiger partial charge in [0, 0.05) is 5.92 Å². The molecule has 0 aliphatic heterocycles. The summed E-state index contributed by atoms with van der Waals surface area (Å²) in [6.07, 6.45) is 3.54. The molecule has 1 aromatic carbocycles. The summed E-state index contributed by atoms with van der Waals surface area (Å²) in [5.41, 5.74) is 8.45. The number of aryl methyl sites for hydroxylation is 1. The van der Waals surface area contributed by atoms with E-state index in [0.29, 0.717) is 5.92 Å². The minimum absolute atomic E-state index is 0.583. The van der Waals surface area contributed by atoms with Crippen molar-refractivity contribution in [2.75, 3.05) is 0 Å². The second kappa shape index (κ2) is 4.47. The average Bonchev–Trinajstić information content (AvgIpc) is 3.10. The number of rotatable bonds is 4. The Morgan fingerprint density at radius 2 is 1.87 bits per heavy atom. The molecule has 15 heavy (non-hydrogen) atoms. The predicted octanol–water partition coefficient (Wildman–Crippen LogP) is 2.52. The Morgan fingerprint density at radius 1 is 1.27 bits per heavy atom. The van der Waals surface area contributed by atoms with Crippen LogP contribution in [0.5, 0.6) is 0 Å². The van der Waals surface area contributed by atoms with Gasteiger partial charge in [0.25, 0.3) is 0 Å². The number of amidine groups is 1. The van der Waals surface area contributed by atoms with E-state index in [4.69, 9.17) is 5.73 Å². The van der Waals surface area contributed by atoms with Crippen molar-refractivity contribution in [3.63, 3.8) is 0 Å². The maximum atomic E-state index is 5.83. The molecule has 0 aromatic heterocycles. The van der Waals surface area contributed by atoms with Gasteiger partial charge < -0.3 is 5.73 Å². The molecule has 1 fully saturated rings. The van der Waals surface area contributed by atoms with Gasteiger partial charge in [0.1, 0.15) is 0 Å². The van der Waals surface area contributed by atoms with E-state index in [-0.39, 0.29) is 0 Å². The molecule has 80 valence electrons. The zero-order chi connectivity index (χ0) is 10.7. The third kappa shape index (κ3) is 2.82. The summed E-state index contributed by atoms with van der Waals surface area (Å²) in [5.74, 6) is 1.43. The van der Waals surface area contributed by atoms with Crippen LogP contribution in [0, 0.1) is 5.92 Å². The van der Waals surface area contributed by atoms with E-state index < -0.39 is 0 Å². The Morgan fingerprint density at radius 3 is 2.40 bits per heavy atom. The lowest BCUT2D eigenvalue weighted by Gasteiger charge is -2.01. The van der Waals surface area contributed by atoms with E-state index in [0.717, 1.165) is 18.8 Å². The largest absolute Gasteiger partial charge is 0.387 e. The van der Waals surface area contributed by atoms with Crippen molar-refractivity contribution in [3.05, 3.63) is 35.4 Å². The van der Waals surface area contributed by atoms with Crippen molar-refractivity contribution in [1.29, 1.82) is 0 Å². The number of hydrogen-bond acceptors (Lipinski definition) is 1. The van der Waals surface area contributed by atoms with Gasteiger partial charge in [-0.25, -0.2) is 0 Å². The van der Waals surface area contributed by atoms with E-state index in [9.17, 15) is 0 Å². The third-order valence-corrected chi connectivity index (χ3v) is 2.87. The highest BCUT2D eigenvalue weighted by Gasteiger charge is 2.24. The molecule has 2 heteroatoms. The van der Waals surface area contributed by atoms with Crippen LogP contribution in [0.15, 0.2) is 29.3 Å². The molecule has 0 heterocycles. The summed E-state index contributed by atoms with van der Waals surface area (Å²) in [6.45, 7) is 2.89. The fourth-order valence-corrected chi connectivity index (χ4v) is 1.57. The second-order valence-electron chi connectivity index (χ2n) is 4.19. The molecule has 0 saturated heterocycles. The lowest BCUT2D eigenvalue weighted by Crippen LogP contribution is -2.14. The van der Waals surface area contributed by atoms with Gasteiger partial charge in [-0.3, -0.25) is 4.99 Å². The molecular weight excluding hydrogens is 184 g/mol. The van der Waals surface area contributed by atoms with Crippen molar-refractivity contribution in [2.45, 2.75) is 32.7 Å². The fourth-order valence-electron chi connectivity index (χ4n) is 1.57. The Labute approximate surface area is 91.2 Å². The summed E-state index contributed by atoms with van der Waals surface area (Å²) in [4.78, 5) is 4.41. The van der Waals surface area contributed by atoms with E-state index >= 15 is 0 Å². The molecule has 1 saturated carbocycles. The van der Waals surface area contributed by atoms with Gasteiger partial charge in [-0.05, 0) is 30.4 Å². The summed E-state index contributed by atoms with van der Waals surface area (Å²) < 4.78 is 0. The van der Waals surface area contributed by atoms with Gasteiger partial charge in [-0.2, -0.15) is 0 Å². The Balaban J connectivity index is 1.95. The Hall–Kier alpha value is -1.31. The van der Waals surface area contributed by atoms with Crippen molar-refractivity contribution < 1.29 is 0 Å². The number of benzene rings is 1. The van der Waals surface area contributed by atoms with Crippen LogP contribution in [0.2, 0.25) is 0 Å². The maximum absolute atomic E-state index is 5.83. The number of aliphatic imine (C=N–C) groups is 1. The first kappa shape index (κ1) is 10.2. The van der Waals surface area contributed by atoms with Gasteiger partial charge >= 0.3 is 0 Å². The van der Waals surface area contributed by atoms with Crippen molar-refractivity contribution >= 4 is 5.84 Å². The summed E-state index contributed by atoms with van der Waals surface area (Å²) in [7, 11) is 0. The normalized spacial score (nSPS) is 16.7. The highest BCUT2D eigenvalue weighted by atomic mass is 14.9. The van der Waals surface area contributed by atoms with Crippen LogP contribution in [0.1, 0.15) is 30.9 Å². The van der Waals surface area contributed by atoms with E-state index in [1.807, 2.05) is 0 Å². The smallest absolute Gasteiger partial charge is 0.0972 e. The maximum Gasteiger partial charge on any atom is 0.0972 e. The molecule has 0 radical (unpaired) electrons. The van der Waals surface area contributed by atoms with Gasteiger partial charge in [0.05, 0.1) is 12.4 Å². The van der Waals surface area contributed by atoms with Crippen LogP contribution in [-0.2, 0) is 13.0 Å². The van der Waals surface area contributed by atoms with Gasteiger partial charge in [0.15, 0.2) is 0 Å². The summed E-state index contributed by atoms with van der Waals surface area (Å²) in [5, 5.41) is 0. The van der Waals surface area contributed by atoms with E-state index in [2.05, 4.69) is 36.2 Å². The number of nitrogens with zero attached hydrogens (tertiary/aromatic N) is 1. The highest BCUT2D eigenvalue weighted by Crippen LogP contribution is 2.28. The third-order valence-electron chi connectivity index (χ3n) is 2.87. The molecule has 0 amide bonds. The van der Waals surface area contributed by atoms with Gasteiger partial charge in [0.2, 0.25) is 0 Å². The molecular formula is C13H18N2. The first-order chi connectivity index (χ1) is 7.29. The van der Waals surface area contributed by atoms with Crippen LogP contribution < -0.4 is 5.73 Å². The Kier molecular flexibility index (Phi) is 3.05. The molecule has 2 rings (SSSR count). The van der Waals surface area contributed by atoms with Crippen LogP contribution >= 0.6 is 0 Å². The van der Waals surface area contributed by atoms with Gasteiger partial charge in [-0.15, -0.1) is 0 Å². The van der Waals surface area contributed by atoms with E-state index in [1.54, 1.807) is 0 Å². The monoisotopic (exact) mass is 202 g/mol. The molecule has 0 spiro atoms. The van der Waals surface area contributed by atoms with Crippen molar-refractivity contribution in [2.24, 2.45) is 16.6 Å². The SMILES string of the molecule is CCc1ccc(CN=C(N)C2CC2)cc1. The van der Waals surface area contributed by atoms with Crippen molar-refractivity contribution in [3.8, 4) is 0 Å². The Bertz CT molecular complexity index is 347. The number of nitrogens with two attached hydrogens (primary N) is 1. The molecule has 2 nitrogen and oxygen atoms in total. The summed E-state index contributed by atoms with van der Waals surface area (Å²) in [6, 6.07) is 8.61. The molecule has 0 bridgehead atoms. The lowest BCUT2D eigenvalue weighted by molar-refractivity contribution is 1.01. The van der Waals surface area contributed by atoms with Crippen LogP contribution in [0.3, 0.4) is 0 Å². The lowest BCUT2D eigenvalue weighted by atomic mass is 10.1. The predicted molar refractivity (Wildman–Crippen MR) is 63.9 cm³/mol. The second-order valence-corrected chi connectivity index (χ2v) is 4.19. The van der Waals surface area contributed by atoms with Crippen LogP contribution in [-0.4, -0.2) is 5.84 Å². The fraction of sp³-hybridized carbons (Fsp3) is 0.462. The van der Waals surface area contributed by atoms with Crippen LogP contribution in [0.25, 0.3) is 0 Å². The zero-order valence-electron chi connectivity index (χ0n) is 9.24. The summed E-state index contributed by atoms with van der Waals surface area (Å²) >= 11 is 0. The first-order valence-corrected chi connectivity index (χ1v) is 5.67. The van der Waals surface area contributed by atoms with Crippen LogP contribution in [0.4, 0.5) is 0 Å². The van der Waals surface area contributed by atoms with Gasteiger partial charge in [-0.1, -0.05) is 31.2 Å². The minimum Gasteiger partial charge on any atom is -0.387 e. The molecule has 0 atom stereocenters. The zero-order valence-corrected chi connectivity index (χ0v) is 9.24. The standard InChI is InChI=1S/C13H18N2/c1-2-10-3-5-11(6-4-10)9-15-13(14)12-7-8-12/h3-6,12H,2,7-9H2,1H3,(H2,14,15). The molecule has 2 N–H and O–H groups in total. The minimum atomic E-state index is 0.583. The molecule has 1 aliphatic carbocycles. The molecule has 1 aromatic rings. The quantitative estimate of drug-likeness (QED) is 0.591. The average molecular weight is 202 g/mol. The van der Waals surface area contributed by atoms with E-state index in [1.165, 1.54) is 24.0 Å². The topological polar surface area (TPSA) is 38.4 Å². The number of hydrogen-bond donors (Lipinski definition) is 1. The first-order valence-electron chi connectivity index (χ1n) is 5.67. The highest BCUT2D eigenvalue weighted by molar-refractivity contribution is 5.84. The molecule has 0 unspecified atom stereocenters.